The highest BCUT2D eigenvalue weighted by Gasteiger charge is 2.00. The lowest BCUT2D eigenvalue weighted by atomic mass is 10.3. The Morgan fingerprint density at radius 2 is 2.50 bits per heavy atom. The minimum Gasteiger partial charge on any atom is -0.275 e. The Morgan fingerprint density at radius 1 is 1.75 bits per heavy atom. The van der Waals surface area contributed by atoms with Gasteiger partial charge in [-0.1, -0.05) is 6.08 Å². The van der Waals surface area contributed by atoms with Gasteiger partial charge >= 0.3 is 0 Å². The molecule has 0 aromatic heterocycles. The van der Waals surface area contributed by atoms with E-state index < -0.39 is 5.24 Å². The Balaban J connectivity index is 2.90. The Morgan fingerprint density at radius 3 is 2.75 bits per heavy atom. The smallest absolute Gasteiger partial charge is 0.260 e. The summed E-state index contributed by atoms with van der Waals surface area (Å²) in [5, 5.41) is -0.449. The zero-order valence-corrected chi connectivity index (χ0v) is 4.77. The maximum absolute atomic E-state index is 10.2. The third kappa shape index (κ3) is 0.890. The van der Waals surface area contributed by atoms with Crippen molar-refractivity contribution in [3.05, 3.63) is 29.5 Å². The first-order valence-electron chi connectivity index (χ1n) is 2.14. The summed E-state index contributed by atoms with van der Waals surface area (Å²) in [6, 6.07) is 0. The van der Waals surface area contributed by atoms with E-state index in [0.29, 0.717) is 5.57 Å². The van der Waals surface area contributed by atoms with Crippen LogP contribution in [0.15, 0.2) is 29.5 Å². The summed E-state index contributed by atoms with van der Waals surface area (Å²) in [7, 11) is 0. The molecule has 1 rings (SSSR count). The van der Waals surface area contributed by atoms with E-state index >= 15 is 0 Å². The van der Waals surface area contributed by atoms with Crippen LogP contribution in [0.1, 0.15) is 0 Å². The molecule has 0 spiro atoms. The van der Waals surface area contributed by atoms with Crippen LogP contribution in [0.4, 0.5) is 0 Å². The predicted octanol–water partition coefficient (Wildman–Crippen LogP) is 1.40. The molecule has 40 valence electrons. The summed E-state index contributed by atoms with van der Waals surface area (Å²) in [6.45, 7) is 0. The second kappa shape index (κ2) is 1.99. The van der Waals surface area contributed by atoms with Gasteiger partial charge in [0.15, 0.2) is 0 Å². The van der Waals surface area contributed by atoms with Crippen LogP contribution in [0, 0.1) is 0 Å². The largest absolute Gasteiger partial charge is 0.275 e. The van der Waals surface area contributed by atoms with Gasteiger partial charge in [0.1, 0.15) is 0 Å². The van der Waals surface area contributed by atoms with Crippen molar-refractivity contribution in [1.29, 1.82) is 0 Å². The molecule has 0 bridgehead atoms. The third-order valence-electron chi connectivity index (χ3n) is 0.810. The van der Waals surface area contributed by atoms with Gasteiger partial charge in [0.05, 0.1) is 5.57 Å². The number of carbonyl (C=O) groups is 1. The lowest BCUT2D eigenvalue weighted by molar-refractivity contribution is -0.108. The molecule has 2 heteroatoms. The van der Waals surface area contributed by atoms with Crippen LogP contribution >= 0.6 is 11.6 Å². The molecule has 0 aromatic carbocycles. The van der Waals surface area contributed by atoms with Gasteiger partial charge in [-0.3, -0.25) is 4.79 Å². The number of hydrogen-bond donors (Lipinski definition) is 0. The Labute approximate surface area is 52.0 Å². The topological polar surface area (TPSA) is 17.1 Å². The molecular formula is C6H3ClO. The summed E-state index contributed by atoms with van der Waals surface area (Å²) in [6.07, 6.45) is 4.99. The number of allylic oxidation sites excluding steroid dienone is 3. The van der Waals surface area contributed by atoms with Gasteiger partial charge < -0.3 is 0 Å². The second-order valence-electron chi connectivity index (χ2n) is 1.36. The minimum atomic E-state index is -0.449. The molecule has 0 unspecified atom stereocenters. The van der Waals surface area contributed by atoms with E-state index in [0.717, 1.165) is 0 Å². The van der Waals surface area contributed by atoms with Crippen molar-refractivity contribution in [3.8, 4) is 0 Å². The first kappa shape index (κ1) is 5.36. The first-order valence-corrected chi connectivity index (χ1v) is 2.52. The van der Waals surface area contributed by atoms with E-state index in [1.54, 1.807) is 18.2 Å². The van der Waals surface area contributed by atoms with Crippen LogP contribution in [-0.2, 0) is 4.79 Å². The molecule has 0 aliphatic heterocycles. The van der Waals surface area contributed by atoms with Gasteiger partial charge in [0, 0.05) is 0 Å². The fourth-order valence-electron chi connectivity index (χ4n) is 0.453. The van der Waals surface area contributed by atoms with E-state index in [9.17, 15) is 4.79 Å². The third-order valence-corrected chi connectivity index (χ3v) is 1.01. The number of hydrogen-bond acceptors (Lipinski definition) is 1. The minimum absolute atomic E-state index is 0.437. The first-order chi connectivity index (χ1) is 3.80. The van der Waals surface area contributed by atoms with Crippen LogP contribution in [-0.4, -0.2) is 5.24 Å². The quantitative estimate of drug-likeness (QED) is 0.384. The zero-order valence-electron chi connectivity index (χ0n) is 4.02. The Kier molecular flexibility index (Phi) is 1.34. The average Bonchev–Trinajstić information content (AvgIpc) is 2.12. The highest BCUT2D eigenvalue weighted by Crippen LogP contribution is 2.04. The summed E-state index contributed by atoms with van der Waals surface area (Å²) in [5.74, 6) is 0. The molecular weight excluding hydrogens is 124 g/mol. The lowest BCUT2D eigenvalue weighted by Crippen LogP contribution is -1.83. The van der Waals surface area contributed by atoms with Crippen molar-refractivity contribution in [2.75, 3.05) is 0 Å². The molecule has 8 heavy (non-hydrogen) atoms. The molecule has 0 saturated carbocycles. The molecule has 1 aliphatic rings. The predicted molar refractivity (Wildman–Crippen MR) is 31.6 cm³/mol. The molecule has 0 fully saturated rings. The maximum atomic E-state index is 10.2. The van der Waals surface area contributed by atoms with Crippen molar-refractivity contribution in [2.45, 2.75) is 0 Å². The van der Waals surface area contributed by atoms with Gasteiger partial charge in [-0.05, 0) is 23.8 Å². The summed E-state index contributed by atoms with van der Waals surface area (Å²) >= 11 is 5.07. The van der Waals surface area contributed by atoms with E-state index in [1.165, 1.54) is 0 Å². The van der Waals surface area contributed by atoms with E-state index in [2.05, 4.69) is 5.73 Å². The average molecular weight is 127 g/mol. The fraction of sp³-hybridized carbons (Fsp3) is 0. The normalized spacial score (nSPS) is 14.4. The van der Waals surface area contributed by atoms with Crippen LogP contribution in [0.5, 0.6) is 0 Å². The van der Waals surface area contributed by atoms with Crippen molar-refractivity contribution < 1.29 is 4.79 Å². The molecule has 1 aliphatic carbocycles. The molecule has 0 N–H and O–H groups in total. The Hall–Kier alpha value is -0.780. The second-order valence-corrected chi connectivity index (χ2v) is 1.70. The van der Waals surface area contributed by atoms with Crippen LogP contribution in [0.3, 0.4) is 0 Å². The summed E-state index contributed by atoms with van der Waals surface area (Å²) in [4.78, 5) is 10.2. The van der Waals surface area contributed by atoms with Crippen molar-refractivity contribution in [2.24, 2.45) is 0 Å². The monoisotopic (exact) mass is 126 g/mol. The summed E-state index contributed by atoms with van der Waals surface area (Å²) in [5.41, 5.74) is 3.09. The maximum Gasteiger partial charge on any atom is 0.260 e. The lowest BCUT2D eigenvalue weighted by Gasteiger charge is -1.78. The molecule has 0 saturated heterocycles. The molecule has 0 aromatic rings. The highest BCUT2D eigenvalue weighted by molar-refractivity contribution is 6.68. The van der Waals surface area contributed by atoms with E-state index in [4.69, 9.17) is 11.6 Å². The fourth-order valence-corrected chi connectivity index (χ4v) is 0.570. The molecule has 0 atom stereocenters. The van der Waals surface area contributed by atoms with Crippen molar-refractivity contribution >= 4 is 16.8 Å². The van der Waals surface area contributed by atoms with Gasteiger partial charge in [-0.2, -0.15) is 0 Å². The van der Waals surface area contributed by atoms with Crippen LogP contribution in [0.2, 0.25) is 0 Å². The van der Waals surface area contributed by atoms with Crippen LogP contribution < -0.4 is 0 Å². The molecule has 0 heterocycles. The van der Waals surface area contributed by atoms with E-state index in [1.807, 2.05) is 0 Å². The van der Waals surface area contributed by atoms with Crippen molar-refractivity contribution in [3.63, 3.8) is 0 Å². The number of halogens is 1. The van der Waals surface area contributed by atoms with Crippen molar-refractivity contribution in [1.82, 2.24) is 0 Å². The molecule has 1 nitrogen and oxygen atoms in total. The molecule has 0 radical (unpaired) electrons. The number of rotatable bonds is 1. The van der Waals surface area contributed by atoms with Gasteiger partial charge in [-0.15, -0.1) is 5.73 Å². The molecule has 0 amide bonds. The van der Waals surface area contributed by atoms with Gasteiger partial charge in [0.25, 0.3) is 5.24 Å². The Bertz CT molecular complexity index is 207. The van der Waals surface area contributed by atoms with E-state index in [-0.39, 0.29) is 0 Å². The number of carbonyl (C=O) groups excluding carboxylic acids is 1. The zero-order chi connectivity index (χ0) is 5.98. The SMILES string of the molecule is O=C(Cl)C1=C=CC=C1. The van der Waals surface area contributed by atoms with Gasteiger partial charge in [-0.25, -0.2) is 0 Å². The van der Waals surface area contributed by atoms with Gasteiger partial charge in [0.2, 0.25) is 0 Å². The summed E-state index contributed by atoms with van der Waals surface area (Å²) < 4.78 is 0. The highest BCUT2D eigenvalue weighted by atomic mass is 35.5. The van der Waals surface area contributed by atoms with Crippen LogP contribution in [0.25, 0.3) is 0 Å². The standard InChI is InChI=1S/C6H3ClO/c7-6(8)5-3-1-2-4-5/h1-3H.